The summed E-state index contributed by atoms with van der Waals surface area (Å²) < 4.78 is 5.50. The Morgan fingerprint density at radius 3 is 2.68 bits per heavy atom. The summed E-state index contributed by atoms with van der Waals surface area (Å²) in [6, 6.07) is 13.5. The molecule has 0 radical (unpaired) electrons. The third-order valence-electron chi connectivity index (χ3n) is 3.08. The molecule has 0 aliphatic carbocycles. The Kier molecular flexibility index (Phi) is 4.46. The highest BCUT2D eigenvalue weighted by molar-refractivity contribution is 6.32. The topological polar surface area (TPSA) is 35.2 Å². The summed E-state index contributed by atoms with van der Waals surface area (Å²) in [5, 5.41) is 0.733. The van der Waals surface area contributed by atoms with Gasteiger partial charge in [0.1, 0.15) is 5.75 Å². The molecule has 1 unspecified atom stereocenters. The van der Waals surface area contributed by atoms with Crippen molar-refractivity contribution in [2.75, 3.05) is 6.61 Å². The van der Waals surface area contributed by atoms with E-state index in [1.807, 2.05) is 56.3 Å². The van der Waals surface area contributed by atoms with Gasteiger partial charge in [0.2, 0.25) is 0 Å². The van der Waals surface area contributed by atoms with Crippen molar-refractivity contribution < 1.29 is 4.74 Å². The van der Waals surface area contributed by atoms with Gasteiger partial charge in [0.25, 0.3) is 0 Å². The molecule has 0 aliphatic rings. The van der Waals surface area contributed by atoms with Gasteiger partial charge < -0.3 is 10.5 Å². The average molecular weight is 276 g/mol. The van der Waals surface area contributed by atoms with Crippen LogP contribution in [-0.2, 0) is 0 Å². The molecule has 0 saturated heterocycles. The second-order valence-electron chi connectivity index (χ2n) is 4.46. The number of benzene rings is 2. The molecule has 3 heteroatoms. The quantitative estimate of drug-likeness (QED) is 0.912. The average Bonchev–Trinajstić information content (AvgIpc) is 2.42. The van der Waals surface area contributed by atoms with Crippen LogP contribution < -0.4 is 10.5 Å². The summed E-state index contributed by atoms with van der Waals surface area (Å²) in [6.07, 6.45) is 0. The molecule has 19 heavy (non-hydrogen) atoms. The normalized spacial score (nSPS) is 12.2. The fourth-order valence-electron chi connectivity index (χ4n) is 2.05. The molecule has 2 aromatic rings. The Hall–Kier alpha value is -1.51. The summed E-state index contributed by atoms with van der Waals surface area (Å²) in [5.74, 6) is 0.833. The van der Waals surface area contributed by atoms with E-state index in [1.54, 1.807) is 0 Å². The van der Waals surface area contributed by atoms with Crippen LogP contribution in [0.5, 0.6) is 5.75 Å². The van der Waals surface area contributed by atoms with E-state index < -0.39 is 0 Å². The summed E-state index contributed by atoms with van der Waals surface area (Å²) >= 11 is 6.33. The summed E-state index contributed by atoms with van der Waals surface area (Å²) in [4.78, 5) is 0. The van der Waals surface area contributed by atoms with Crippen LogP contribution in [0.15, 0.2) is 42.5 Å². The molecule has 0 bridgehead atoms. The van der Waals surface area contributed by atoms with Crippen LogP contribution in [0.25, 0.3) is 0 Å². The number of aryl methyl sites for hydroxylation is 1. The van der Waals surface area contributed by atoms with E-state index in [-0.39, 0.29) is 6.04 Å². The molecule has 2 aromatic carbocycles. The first-order valence-corrected chi connectivity index (χ1v) is 6.74. The Bertz CT molecular complexity index is 568. The van der Waals surface area contributed by atoms with Crippen molar-refractivity contribution in [3.05, 3.63) is 64.2 Å². The number of ether oxygens (including phenoxy) is 1. The molecule has 0 fully saturated rings. The predicted octanol–water partition coefficient (Wildman–Crippen LogP) is 4.10. The maximum absolute atomic E-state index is 6.33. The molecule has 0 amide bonds. The van der Waals surface area contributed by atoms with Gasteiger partial charge >= 0.3 is 0 Å². The SMILES string of the molecule is CCOc1cccc(C(N)c2cccc(C)c2Cl)c1. The van der Waals surface area contributed by atoms with Gasteiger partial charge in [0, 0.05) is 5.02 Å². The molecule has 0 aliphatic heterocycles. The molecule has 0 saturated carbocycles. The van der Waals surface area contributed by atoms with Gasteiger partial charge in [-0.25, -0.2) is 0 Å². The maximum atomic E-state index is 6.33. The lowest BCUT2D eigenvalue weighted by Gasteiger charge is -2.16. The summed E-state index contributed by atoms with van der Waals surface area (Å²) in [6.45, 7) is 4.59. The predicted molar refractivity (Wildman–Crippen MR) is 79.8 cm³/mol. The lowest BCUT2D eigenvalue weighted by atomic mass is 9.98. The number of nitrogens with two attached hydrogens (primary N) is 1. The third kappa shape index (κ3) is 3.09. The van der Waals surface area contributed by atoms with Crippen molar-refractivity contribution in [2.24, 2.45) is 5.73 Å². The molecule has 1 atom stereocenters. The standard InChI is InChI=1S/C16H18ClNO/c1-3-19-13-8-5-7-12(10-13)16(18)14-9-4-6-11(2)15(14)17/h4-10,16H,3,18H2,1-2H3. The zero-order valence-corrected chi connectivity index (χ0v) is 11.9. The van der Waals surface area contributed by atoms with E-state index in [4.69, 9.17) is 22.1 Å². The minimum absolute atomic E-state index is 0.243. The number of hydrogen-bond donors (Lipinski definition) is 1. The smallest absolute Gasteiger partial charge is 0.119 e. The fraction of sp³-hybridized carbons (Fsp3) is 0.250. The second-order valence-corrected chi connectivity index (χ2v) is 4.84. The minimum atomic E-state index is -0.243. The van der Waals surface area contributed by atoms with Crippen LogP contribution >= 0.6 is 11.6 Å². The summed E-state index contributed by atoms with van der Waals surface area (Å²) in [7, 11) is 0. The van der Waals surface area contributed by atoms with Crippen LogP contribution in [0.2, 0.25) is 5.02 Å². The number of hydrogen-bond acceptors (Lipinski definition) is 2. The molecule has 0 heterocycles. The lowest BCUT2D eigenvalue weighted by molar-refractivity contribution is 0.340. The first kappa shape index (κ1) is 13.9. The monoisotopic (exact) mass is 275 g/mol. The zero-order valence-electron chi connectivity index (χ0n) is 11.2. The van der Waals surface area contributed by atoms with Crippen LogP contribution in [0.4, 0.5) is 0 Å². The number of rotatable bonds is 4. The molecular weight excluding hydrogens is 258 g/mol. The van der Waals surface area contributed by atoms with Crippen LogP contribution in [0, 0.1) is 6.92 Å². The van der Waals surface area contributed by atoms with Crippen molar-refractivity contribution in [1.82, 2.24) is 0 Å². The van der Waals surface area contributed by atoms with Crippen LogP contribution in [-0.4, -0.2) is 6.61 Å². The van der Waals surface area contributed by atoms with E-state index >= 15 is 0 Å². The molecule has 2 rings (SSSR count). The van der Waals surface area contributed by atoms with Gasteiger partial charge in [-0.15, -0.1) is 0 Å². The largest absolute Gasteiger partial charge is 0.494 e. The Labute approximate surface area is 119 Å². The Morgan fingerprint density at radius 2 is 1.95 bits per heavy atom. The summed E-state index contributed by atoms with van der Waals surface area (Å²) in [5.41, 5.74) is 9.29. The first-order valence-electron chi connectivity index (χ1n) is 6.36. The first-order chi connectivity index (χ1) is 9.13. The van der Waals surface area contributed by atoms with Crippen molar-refractivity contribution in [2.45, 2.75) is 19.9 Å². The lowest BCUT2D eigenvalue weighted by Crippen LogP contribution is -2.13. The fourth-order valence-corrected chi connectivity index (χ4v) is 2.30. The highest BCUT2D eigenvalue weighted by atomic mass is 35.5. The highest BCUT2D eigenvalue weighted by Gasteiger charge is 2.14. The molecular formula is C16H18ClNO. The van der Waals surface area contributed by atoms with E-state index in [0.29, 0.717) is 6.61 Å². The van der Waals surface area contributed by atoms with Crippen LogP contribution in [0.1, 0.15) is 29.7 Å². The van der Waals surface area contributed by atoms with Gasteiger partial charge in [-0.3, -0.25) is 0 Å². The minimum Gasteiger partial charge on any atom is -0.494 e. The van der Waals surface area contributed by atoms with Gasteiger partial charge in [0.05, 0.1) is 12.6 Å². The van der Waals surface area contributed by atoms with Crippen LogP contribution in [0.3, 0.4) is 0 Å². The van der Waals surface area contributed by atoms with Gasteiger partial charge in [-0.1, -0.05) is 41.9 Å². The Morgan fingerprint density at radius 1 is 1.21 bits per heavy atom. The van der Waals surface area contributed by atoms with Crippen molar-refractivity contribution in [3.8, 4) is 5.75 Å². The Balaban J connectivity index is 2.35. The molecule has 2 N–H and O–H groups in total. The van der Waals surface area contributed by atoms with Gasteiger partial charge in [0.15, 0.2) is 0 Å². The second kappa shape index (κ2) is 6.09. The maximum Gasteiger partial charge on any atom is 0.119 e. The van der Waals surface area contributed by atoms with E-state index in [1.165, 1.54) is 0 Å². The van der Waals surface area contributed by atoms with Gasteiger partial charge in [-0.05, 0) is 42.7 Å². The van der Waals surface area contributed by atoms with Crippen molar-refractivity contribution in [1.29, 1.82) is 0 Å². The van der Waals surface area contributed by atoms with Gasteiger partial charge in [-0.2, -0.15) is 0 Å². The zero-order chi connectivity index (χ0) is 13.8. The molecule has 0 spiro atoms. The van der Waals surface area contributed by atoms with E-state index in [9.17, 15) is 0 Å². The third-order valence-corrected chi connectivity index (χ3v) is 3.60. The van der Waals surface area contributed by atoms with E-state index in [0.717, 1.165) is 27.5 Å². The van der Waals surface area contributed by atoms with Crippen molar-refractivity contribution >= 4 is 11.6 Å². The molecule has 0 aromatic heterocycles. The molecule has 2 nitrogen and oxygen atoms in total. The number of halogens is 1. The van der Waals surface area contributed by atoms with E-state index in [2.05, 4.69) is 0 Å². The highest BCUT2D eigenvalue weighted by Crippen LogP contribution is 2.30. The molecule has 100 valence electrons. The van der Waals surface area contributed by atoms with Crippen molar-refractivity contribution in [3.63, 3.8) is 0 Å².